The highest BCUT2D eigenvalue weighted by Gasteiger charge is 2.10. The van der Waals surface area contributed by atoms with Crippen LogP contribution < -0.4 is 5.32 Å². The summed E-state index contributed by atoms with van der Waals surface area (Å²) < 4.78 is 2.08. The van der Waals surface area contributed by atoms with Crippen LogP contribution >= 0.6 is 0 Å². The molecule has 1 amide bonds. The van der Waals surface area contributed by atoms with Gasteiger partial charge in [0.05, 0.1) is 5.52 Å². The Bertz CT molecular complexity index is 1140. The number of nitrogens with one attached hydrogen (secondary N) is 1. The zero-order valence-electron chi connectivity index (χ0n) is 13.8. The molecule has 124 valence electrons. The van der Waals surface area contributed by atoms with Crippen LogP contribution in [0, 0.1) is 11.3 Å². The van der Waals surface area contributed by atoms with Crippen LogP contribution in [0.25, 0.3) is 16.6 Å². The van der Waals surface area contributed by atoms with Gasteiger partial charge in [-0.15, -0.1) is 0 Å². The van der Waals surface area contributed by atoms with Gasteiger partial charge in [0.15, 0.2) is 0 Å². The number of fused-ring (bicyclic) bond motifs is 1. The average molecular weight is 338 g/mol. The van der Waals surface area contributed by atoms with Gasteiger partial charge in [0.1, 0.15) is 11.8 Å². The molecule has 2 heterocycles. The van der Waals surface area contributed by atoms with Crippen molar-refractivity contribution in [2.45, 2.75) is 0 Å². The van der Waals surface area contributed by atoms with Crippen molar-refractivity contribution in [3.63, 3.8) is 0 Å². The molecule has 5 heteroatoms. The molecule has 0 unspecified atom stereocenters. The summed E-state index contributed by atoms with van der Waals surface area (Å²) in [4.78, 5) is 16.4. The SMILES string of the molecule is N#Cc1cc(NC(=O)c2ccc3c(ccn3-c3ccccc3)c2)ccn1. The maximum atomic E-state index is 12.5. The molecule has 0 spiro atoms. The van der Waals surface area contributed by atoms with Crippen molar-refractivity contribution in [3.05, 3.63) is 90.4 Å². The molecule has 0 aliphatic carbocycles. The number of amides is 1. The average Bonchev–Trinajstić information content (AvgIpc) is 3.12. The van der Waals surface area contributed by atoms with Gasteiger partial charge in [-0.25, -0.2) is 4.98 Å². The molecule has 0 saturated carbocycles. The van der Waals surface area contributed by atoms with E-state index in [1.54, 1.807) is 18.2 Å². The molecule has 0 aliphatic rings. The van der Waals surface area contributed by atoms with E-state index in [4.69, 9.17) is 5.26 Å². The molecule has 0 saturated heterocycles. The van der Waals surface area contributed by atoms with E-state index in [9.17, 15) is 4.79 Å². The lowest BCUT2D eigenvalue weighted by molar-refractivity contribution is 0.102. The Morgan fingerprint density at radius 1 is 1.04 bits per heavy atom. The highest BCUT2D eigenvalue weighted by molar-refractivity contribution is 6.06. The third-order valence-corrected chi connectivity index (χ3v) is 4.12. The molecule has 4 aromatic rings. The topological polar surface area (TPSA) is 70.7 Å². The highest BCUT2D eigenvalue weighted by atomic mass is 16.1. The predicted molar refractivity (Wildman–Crippen MR) is 100 cm³/mol. The number of hydrogen-bond acceptors (Lipinski definition) is 3. The summed E-state index contributed by atoms with van der Waals surface area (Å²) in [5.74, 6) is -0.227. The molecule has 4 rings (SSSR count). The van der Waals surface area contributed by atoms with Crippen molar-refractivity contribution in [1.82, 2.24) is 9.55 Å². The summed E-state index contributed by atoms with van der Waals surface area (Å²) in [5, 5.41) is 12.7. The van der Waals surface area contributed by atoms with Gasteiger partial charge in [-0.05, 0) is 48.5 Å². The Kier molecular flexibility index (Phi) is 3.92. The van der Waals surface area contributed by atoms with Crippen LogP contribution in [-0.4, -0.2) is 15.5 Å². The highest BCUT2D eigenvalue weighted by Crippen LogP contribution is 2.22. The minimum atomic E-state index is -0.227. The number of nitrogens with zero attached hydrogens (tertiary/aromatic N) is 3. The molecule has 26 heavy (non-hydrogen) atoms. The van der Waals surface area contributed by atoms with Crippen LogP contribution in [-0.2, 0) is 0 Å². The van der Waals surface area contributed by atoms with Gasteiger partial charge in [-0.1, -0.05) is 18.2 Å². The van der Waals surface area contributed by atoms with Crippen LogP contribution in [0.3, 0.4) is 0 Å². The third-order valence-electron chi connectivity index (χ3n) is 4.12. The maximum absolute atomic E-state index is 12.5. The first-order chi connectivity index (χ1) is 12.7. The standard InChI is InChI=1S/C21H14N4O/c22-14-18-13-17(8-10-23-18)24-21(26)16-6-7-20-15(12-16)9-11-25(20)19-4-2-1-3-5-19/h1-13H,(H,23,24,26). The van der Waals surface area contributed by atoms with E-state index < -0.39 is 0 Å². The Hall–Kier alpha value is -3.91. The number of aromatic nitrogens is 2. The van der Waals surface area contributed by atoms with E-state index >= 15 is 0 Å². The second kappa shape index (κ2) is 6.54. The Morgan fingerprint density at radius 3 is 2.69 bits per heavy atom. The quantitative estimate of drug-likeness (QED) is 0.610. The molecule has 2 aromatic carbocycles. The Morgan fingerprint density at radius 2 is 1.88 bits per heavy atom. The van der Waals surface area contributed by atoms with Crippen molar-refractivity contribution in [1.29, 1.82) is 5.26 Å². The summed E-state index contributed by atoms with van der Waals surface area (Å²) in [7, 11) is 0. The molecule has 0 radical (unpaired) electrons. The van der Waals surface area contributed by atoms with Gasteiger partial charge >= 0.3 is 0 Å². The summed E-state index contributed by atoms with van der Waals surface area (Å²) in [5.41, 5.74) is 3.46. The molecular formula is C21H14N4O. The zero-order chi connectivity index (χ0) is 17.9. The monoisotopic (exact) mass is 338 g/mol. The first-order valence-electron chi connectivity index (χ1n) is 8.09. The minimum Gasteiger partial charge on any atom is -0.322 e. The molecule has 2 aromatic heterocycles. The molecule has 0 bridgehead atoms. The van der Waals surface area contributed by atoms with Crippen molar-refractivity contribution >= 4 is 22.5 Å². The second-order valence-corrected chi connectivity index (χ2v) is 5.79. The van der Waals surface area contributed by atoms with E-state index in [1.807, 2.05) is 60.8 Å². The van der Waals surface area contributed by atoms with E-state index in [0.29, 0.717) is 11.3 Å². The molecule has 0 aliphatic heterocycles. The number of para-hydroxylation sites is 1. The van der Waals surface area contributed by atoms with Crippen LogP contribution in [0.2, 0.25) is 0 Å². The maximum Gasteiger partial charge on any atom is 0.255 e. The van der Waals surface area contributed by atoms with Crippen molar-refractivity contribution in [2.75, 3.05) is 5.32 Å². The van der Waals surface area contributed by atoms with E-state index in [0.717, 1.165) is 16.6 Å². The lowest BCUT2D eigenvalue weighted by atomic mass is 10.1. The first-order valence-corrected chi connectivity index (χ1v) is 8.09. The predicted octanol–water partition coefficient (Wildman–Crippen LogP) is 4.15. The number of hydrogen-bond donors (Lipinski definition) is 1. The second-order valence-electron chi connectivity index (χ2n) is 5.79. The molecule has 0 atom stereocenters. The van der Waals surface area contributed by atoms with Crippen LogP contribution in [0.15, 0.2) is 79.1 Å². The fourth-order valence-corrected chi connectivity index (χ4v) is 2.87. The van der Waals surface area contributed by atoms with E-state index in [2.05, 4.69) is 14.9 Å². The fraction of sp³-hybridized carbons (Fsp3) is 0. The molecular weight excluding hydrogens is 324 g/mol. The van der Waals surface area contributed by atoms with Crippen LogP contribution in [0.5, 0.6) is 0 Å². The first kappa shape index (κ1) is 15.6. The number of pyridine rings is 1. The van der Waals surface area contributed by atoms with Crippen molar-refractivity contribution in [3.8, 4) is 11.8 Å². The zero-order valence-corrected chi connectivity index (χ0v) is 13.8. The van der Waals surface area contributed by atoms with Gasteiger partial charge in [-0.3, -0.25) is 4.79 Å². The van der Waals surface area contributed by atoms with Crippen LogP contribution in [0.4, 0.5) is 5.69 Å². The number of benzene rings is 2. The third kappa shape index (κ3) is 2.92. The summed E-state index contributed by atoms with van der Waals surface area (Å²) in [6.07, 6.45) is 3.49. The molecule has 1 N–H and O–H groups in total. The smallest absolute Gasteiger partial charge is 0.255 e. The van der Waals surface area contributed by atoms with Crippen molar-refractivity contribution < 1.29 is 4.79 Å². The van der Waals surface area contributed by atoms with Gasteiger partial charge in [-0.2, -0.15) is 5.26 Å². The number of carbonyl (C=O) groups is 1. The number of rotatable bonds is 3. The van der Waals surface area contributed by atoms with Crippen molar-refractivity contribution in [2.24, 2.45) is 0 Å². The van der Waals surface area contributed by atoms with Crippen LogP contribution in [0.1, 0.15) is 16.1 Å². The normalized spacial score (nSPS) is 10.4. The minimum absolute atomic E-state index is 0.227. The summed E-state index contributed by atoms with van der Waals surface area (Å²) >= 11 is 0. The van der Waals surface area contributed by atoms with E-state index in [-0.39, 0.29) is 11.6 Å². The van der Waals surface area contributed by atoms with E-state index in [1.165, 1.54) is 6.20 Å². The number of anilines is 1. The summed E-state index contributed by atoms with van der Waals surface area (Å²) in [6.45, 7) is 0. The summed E-state index contributed by atoms with van der Waals surface area (Å²) in [6, 6.07) is 22.8. The lowest BCUT2D eigenvalue weighted by Crippen LogP contribution is -2.12. The van der Waals surface area contributed by atoms with Gasteiger partial charge in [0, 0.05) is 34.7 Å². The Labute approximate surface area is 150 Å². The number of nitriles is 1. The van der Waals surface area contributed by atoms with Gasteiger partial charge in [0.2, 0.25) is 0 Å². The van der Waals surface area contributed by atoms with Gasteiger partial charge in [0.25, 0.3) is 5.91 Å². The largest absolute Gasteiger partial charge is 0.322 e. The molecule has 0 fully saturated rings. The van der Waals surface area contributed by atoms with Gasteiger partial charge < -0.3 is 9.88 Å². The Balaban J connectivity index is 1.63. The molecule has 5 nitrogen and oxygen atoms in total. The fourth-order valence-electron chi connectivity index (χ4n) is 2.87. The number of carbonyl (C=O) groups excluding carboxylic acids is 1. The lowest BCUT2D eigenvalue weighted by Gasteiger charge is -2.07.